The largest absolute Gasteiger partial charge is 0.345 e. The highest BCUT2D eigenvalue weighted by Gasteiger charge is 2.15. The van der Waals surface area contributed by atoms with Gasteiger partial charge in [0.25, 0.3) is 0 Å². The summed E-state index contributed by atoms with van der Waals surface area (Å²) in [7, 11) is 1.84. The molecule has 2 N–H and O–H groups in total. The zero-order chi connectivity index (χ0) is 12.8. The molecule has 1 rings (SSSR count). The number of hydrogen-bond acceptors (Lipinski definition) is 2. The van der Waals surface area contributed by atoms with E-state index in [1.54, 1.807) is 4.90 Å². The molecule has 3 nitrogen and oxygen atoms in total. The molecule has 0 aliphatic rings. The molecule has 1 aromatic carbocycles. The summed E-state index contributed by atoms with van der Waals surface area (Å²) in [6, 6.07) is 8.42. The second-order valence-electron chi connectivity index (χ2n) is 4.63. The minimum Gasteiger partial charge on any atom is -0.345 e. The Morgan fingerprint density at radius 3 is 2.47 bits per heavy atom. The third kappa shape index (κ3) is 4.19. The summed E-state index contributed by atoms with van der Waals surface area (Å²) in [5, 5.41) is 0. The molecule has 3 heteroatoms. The average molecular weight is 234 g/mol. The van der Waals surface area contributed by atoms with Crippen molar-refractivity contribution in [2.75, 3.05) is 20.1 Å². The maximum Gasteiger partial charge on any atom is 0.226 e. The lowest BCUT2D eigenvalue weighted by molar-refractivity contribution is -0.133. The van der Waals surface area contributed by atoms with Crippen molar-refractivity contribution in [3.05, 3.63) is 35.4 Å². The van der Waals surface area contributed by atoms with Gasteiger partial charge in [-0.05, 0) is 18.9 Å². The molecule has 17 heavy (non-hydrogen) atoms. The van der Waals surface area contributed by atoms with Crippen molar-refractivity contribution >= 4 is 5.91 Å². The van der Waals surface area contributed by atoms with E-state index in [1.165, 1.54) is 11.1 Å². The van der Waals surface area contributed by atoms with Crippen LogP contribution >= 0.6 is 0 Å². The van der Waals surface area contributed by atoms with Gasteiger partial charge in [0.1, 0.15) is 0 Å². The van der Waals surface area contributed by atoms with Gasteiger partial charge >= 0.3 is 0 Å². The Morgan fingerprint density at radius 2 is 1.94 bits per heavy atom. The van der Waals surface area contributed by atoms with Crippen molar-refractivity contribution in [1.29, 1.82) is 0 Å². The van der Waals surface area contributed by atoms with Gasteiger partial charge in [-0.3, -0.25) is 4.79 Å². The lowest BCUT2D eigenvalue weighted by Gasteiger charge is -2.20. The topological polar surface area (TPSA) is 46.3 Å². The van der Waals surface area contributed by atoms with Crippen LogP contribution in [0.15, 0.2) is 24.3 Å². The fraction of sp³-hybridized carbons (Fsp3) is 0.500. The third-order valence-electron chi connectivity index (χ3n) is 3.01. The third-order valence-corrected chi connectivity index (χ3v) is 3.01. The quantitative estimate of drug-likeness (QED) is 0.841. The standard InChI is InChI=1S/C14H22N2O/c1-11-4-6-13(7-5-11)8-9-16(3)14(17)12(2)10-15/h4-7,12H,8-10,15H2,1-3H3. The Kier molecular flexibility index (Phi) is 5.16. The Balaban J connectivity index is 2.45. The lowest BCUT2D eigenvalue weighted by atomic mass is 10.1. The van der Waals surface area contributed by atoms with Gasteiger partial charge in [-0.1, -0.05) is 36.8 Å². The number of nitrogens with zero attached hydrogens (tertiary/aromatic N) is 1. The summed E-state index contributed by atoms with van der Waals surface area (Å²) in [5.41, 5.74) is 8.01. The highest BCUT2D eigenvalue weighted by atomic mass is 16.2. The highest BCUT2D eigenvalue weighted by molar-refractivity contribution is 5.78. The van der Waals surface area contributed by atoms with E-state index in [4.69, 9.17) is 5.73 Å². The molecule has 1 aromatic rings. The SMILES string of the molecule is Cc1ccc(CCN(C)C(=O)C(C)CN)cc1. The molecule has 1 atom stereocenters. The molecule has 0 radical (unpaired) electrons. The second-order valence-corrected chi connectivity index (χ2v) is 4.63. The summed E-state index contributed by atoms with van der Waals surface area (Å²) < 4.78 is 0. The maximum atomic E-state index is 11.8. The molecule has 1 amide bonds. The van der Waals surface area contributed by atoms with Gasteiger partial charge in [0.05, 0.1) is 0 Å². The van der Waals surface area contributed by atoms with Gasteiger partial charge in [0.15, 0.2) is 0 Å². The van der Waals surface area contributed by atoms with Crippen LogP contribution in [0.25, 0.3) is 0 Å². The molecule has 1 unspecified atom stereocenters. The first-order chi connectivity index (χ1) is 8.04. The van der Waals surface area contributed by atoms with Gasteiger partial charge in [0, 0.05) is 26.1 Å². The second kappa shape index (κ2) is 6.40. The zero-order valence-electron chi connectivity index (χ0n) is 10.9. The molecule has 0 aliphatic carbocycles. The first-order valence-electron chi connectivity index (χ1n) is 6.05. The highest BCUT2D eigenvalue weighted by Crippen LogP contribution is 2.06. The molecule has 0 fully saturated rings. The van der Waals surface area contributed by atoms with E-state index < -0.39 is 0 Å². The predicted octanol–water partition coefficient (Wildman–Crippen LogP) is 1.59. The van der Waals surface area contributed by atoms with Crippen LogP contribution in [-0.2, 0) is 11.2 Å². The molecular weight excluding hydrogens is 212 g/mol. The van der Waals surface area contributed by atoms with Crippen LogP contribution in [0.5, 0.6) is 0 Å². The van der Waals surface area contributed by atoms with E-state index in [-0.39, 0.29) is 11.8 Å². The molecule has 0 heterocycles. The van der Waals surface area contributed by atoms with Crippen molar-refractivity contribution in [3.8, 4) is 0 Å². The van der Waals surface area contributed by atoms with Crippen molar-refractivity contribution in [3.63, 3.8) is 0 Å². The number of rotatable bonds is 5. The molecule has 94 valence electrons. The van der Waals surface area contributed by atoms with E-state index in [2.05, 4.69) is 31.2 Å². The summed E-state index contributed by atoms with van der Waals surface area (Å²) in [5.74, 6) is 0.0395. The lowest BCUT2D eigenvalue weighted by Crippen LogP contribution is -2.36. The van der Waals surface area contributed by atoms with Crippen molar-refractivity contribution in [2.24, 2.45) is 11.7 Å². The van der Waals surface area contributed by atoms with Crippen LogP contribution < -0.4 is 5.73 Å². The minimum absolute atomic E-state index is 0.0852. The minimum atomic E-state index is -0.0852. The van der Waals surface area contributed by atoms with Crippen LogP contribution in [-0.4, -0.2) is 30.9 Å². The Hall–Kier alpha value is -1.35. The van der Waals surface area contributed by atoms with E-state index in [9.17, 15) is 4.79 Å². The van der Waals surface area contributed by atoms with Crippen LogP contribution in [0.1, 0.15) is 18.1 Å². The van der Waals surface area contributed by atoms with E-state index in [0.29, 0.717) is 6.54 Å². The van der Waals surface area contributed by atoms with E-state index in [1.807, 2.05) is 14.0 Å². The number of carbonyl (C=O) groups excluding carboxylic acids is 1. The molecule has 0 spiro atoms. The molecule has 0 bridgehead atoms. The van der Waals surface area contributed by atoms with Crippen molar-refractivity contribution in [1.82, 2.24) is 4.90 Å². The number of nitrogens with two attached hydrogens (primary N) is 1. The smallest absolute Gasteiger partial charge is 0.226 e. The van der Waals surface area contributed by atoms with Gasteiger partial charge in [-0.2, -0.15) is 0 Å². The number of amides is 1. The number of benzene rings is 1. The van der Waals surface area contributed by atoms with Crippen molar-refractivity contribution < 1.29 is 4.79 Å². The number of hydrogen-bond donors (Lipinski definition) is 1. The molecule has 0 saturated carbocycles. The summed E-state index contributed by atoms with van der Waals surface area (Å²) >= 11 is 0. The van der Waals surface area contributed by atoms with Crippen molar-refractivity contribution in [2.45, 2.75) is 20.3 Å². The summed E-state index contributed by atoms with van der Waals surface area (Å²) in [6.45, 7) is 5.09. The van der Waals surface area contributed by atoms with Gasteiger partial charge in [-0.25, -0.2) is 0 Å². The van der Waals surface area contributed by atoms with Crippen LogP contribution in [0.2, 0.25) is 0 Å². The monoisotopic (exact) mass is 234 g/mol. The average Bonchev–Trinajstić information content (AvgIpc) is 2.35. The number of carbonyl (C=O) groups is 1. The Morgan fingerprint density at radius 1 is 1.35 bits per heavy atom. The fourth-order valence-corrected chi connectivity index (χ4v) is 1.64. The predicted molar refractivity (Wildman–Crippen MR) is 70.7 cm³/mol. The number of likely N-dealkylation sites (N-methyl/N-ethyl adjacent to an activating group) is 1. The van der Waals surface area contributed by atoms with Crippen LogP contribution in [0, 0.1) is 12.8 Å². The zero-order valence-corrected chi connectivity index (χ0v) is 10.9. The first-order valence-corrected chi connectivity index (χ1v) is 6.05. The van der Waals surface area contributed by atoms with E-state index >= 15 is 0 Å². The van der Waals surface area contributed by atoms with Gasteiger partial charge < -0.3 is 10.6 Å². The van der Waals surface area contributed by atoms with Gasteiger partial charge in [-0.15, -0.1) is 0 Å². The Labute approximate surface area is 104 Å². The fourth-order valence-electron chi connectivity index (χ4n) is 1.64. The summed E-state index contributed by atoms with van der Waals surface area (Å²) in [6.07, 6.45) is 0.889. The number of aryl methyl sites for hydroxylation is 1. The Bertz CT molecular complexity index is 359. The summed E-state index contributed by atoms with van der Waals surface area (Å²) in [4.78, 5) is 13.6. The molecule has 0 aromatic heterocycles. The molecule has 0 aliphatic heterocycles. The van der Waals surface area contributed by atoms with Gasteiger partial charge in [0.2, 0.25) is 5.91 Å². The molecular formula is C14H22N2O. The van der Waals surface area contributed by atoms with E-state index in [0.717, 1.165) is 13.0 Å². The van der Waals surface area contributed by atoms with Crippen LogP contribution in [0.4, 0.5) is 0 Å². The normalized spacial score (nSPS) is 12.2. The first kappa shape index (κ1) is 13.7. The van der Waals surface area contributed by atoms with Crippen LogP contribution in [0.3, 0.4) is 0 Å². The maximum absolute atomic E-state index is 11.8. The molecule has 0 saturated heterocycles.